The Morgan fingerprint density at radius 3 is 2.71 bits per heavy atom. The van der Waals surface area contributed by atoms with Crippen molar-refractivity contribution in [2.45, 2.75) is 13.8 Å². The SMILES string of the molecule is CCOC(=O)CNC(=O)c1ccc(C)c(F)c1. The van der Waals surface area contributed by atoms with Gasteiger partial charge in [-0.25, -0.2) is 4.39 Å². The Kier molecular flexibility index (Phi) is 4.63. The highest BCUT2D eigenvalue weighted by molar-refractivity contribution is 5.95. The van der Waals surface area contributed by atoms with Crippen molar-refractivity contribution in [3.8, 4) is 0 Å². The van der Waals surface area contributed by atoms with Gasteiger partial charge in [-0.1, -0.05) is 6.07 Å². The van der Waals surface area contributed by atoms with E-state index in [1.807, 2.05) is 0 Å². The monoisotopic (exact) mass is 239 g/mol. The summed E-state index contributed by atoms with van der Waals surface area (Å²) in [6, 6.07) is 4.14. The molecule has 0 aliphatic carbocycles. The molecule has 0 atom stereocenters. The maximum Gasteiger partial charge on any atom is 0.325 e. The smallest absolute Gasteiger partial charge is 0.325 e. The first-order valence-electron chi connectivity index (χ1n) is 5.24. The van der Waals surface area contributed by atoms with Gasteiger partial charge in [0.25, 0.3) is 5.91 Å². The number of hydrogen-bond acceptors (Lipinski definition) is 3. The molecule has 0 saturated carbocycles. The Balaban J connectivity index is 2.58. The Labute approximate surface area is 98.8 Å². The molecule has 1 rings (SSSR count). The van der Waals surface area contributed by atoms with Crippen molar-refractivity contribution in [2.75, 3.05) is 13.2 Å². The van der Waals surface area contributed by atoms with Crippen LogP contribution in [0.3, 0.4) is 0 Å². The highest BCUT2D eigenvalue weighted by atomic mass is 19.1. The highest BCUT2D eigenvalue weighted by Crippen LogP contribution is 2.08. The van der Waals surface area contributed by atoms with E-state index in [4.69, 9.17) is 0 Å². The van der Waals surface area contributed by atoms with E-state index in [-0.39, 0.29) is 18.7 Å². The number of hydrogen-bond donors (Lipinski definition) is 1. The van der Waals surface area contributed by atoms with Gasteiger partial charge in [-0.05, 0) is 31.5 Å². The average Bonchev–Trinajstić information content (AvgIpc) is 2.30. The van der Waals surface area contributed by atoms with Crippen LogP contribution in [-0.2, 0) is 9.53 Å². The molecule has 0 radical (unpaired) electrons. The molecule has 0 bridgehead atoms. The van der Waals surface area contributed by atoms with Crippen molar-refractivity contribution < 1.29 is 18.7 Å². The topological polar surface area (TPSA) is 55.4 Å². The van der Waals surface area contributed by atoms with Gasteiger partial charge < -0.3 is 10.1 Å². The van der Waals surface area contributed by atoms with Crippen LogP contribution in [0.25, 0.3) is 0 Å². The molecule has 0 fully saturated rings. The molecule has 0 aliphatic rings. The van der Waals surface area contributed by atoms with E-state index >= 15 is 0 Å². The number of nitrogens with one attached hydrogen (secondary N) is 1. The Bertz CT molecular complexity index is 432. The fourth-order valence-corrected chi connectivity index (χ4v) is 1.20. The summed E-state index contributed by atoms with van der Waals surface area (Å²) < 4.78 is 17.8. The molecular weight excluding hydrogens is 225 g/mol. The zero-order chi connectivity index (χ0) is 12.8. The first-order chi connectivity index (χ1) is 8.04. The number of rotatable bonds is 4. The Morgan fingerprint density at radius 1 is 1.41 bits per heavy atom. The number of carbonyl (C=O) groups excluding carboxylic acids is 2. The first kappa shape index (κ1) is 13.2. The van der Waals surface area contributed by atoms with Crippen LogP contribution in [0.15, 0.2) is 18.2 Å². The number of ether oxygens (including phenoxy) is 1. The van der Waals surface area contributed by atoms with Gasteiger partial charge in [-0.15, -0.1) is 0 Å². The average molecular weight is 239 g/mol. The van der Waals surface area contributed by atoms with E-state index in [0.29, 0.717) is 5.56 Å². The van der Waals surface area contributed by atoms with Crippen LogP contribution >= 0.6 is 0 Å². The number of aryl methyl sites for hydroxylation is 1. The standard InChI is InChI=1S/C12H14FNO3/c1-3-17-11(15)7-14-12(16)9-5-4-8(2)10(13)6-9/h4-6H,3,7H2,1-2H3,(H,14,16). The van der Waals surface area contributed by atoms with Crippen LogP contribution < -0.4 is 5.32 Å². The number of amides is 1. The van der Waals surface area contributed by atoms with Crippen molar-refractivity contribution in [1.29, 1.82) is 0 Å². The maximum atomic E-state index is 13.2. The molecule has 0 spiro atoms. The van der Waals surface area contributed by atoms with Crippen molar-refractivity contribution in [1.82, 2.24) is 5.32 Å². The van der Waals surface area contributed by atoms with Crippen molar-refractivity contribution in [3.63, 3.8) is 0 Å². The van der Waals surface area contributed by atoms with Gasteiger partial charge in [-0.2, -0.15) is 0 Å². The van der Waals surface area contributed by atoms with Gasteiger partial charge in [0.15, 0.2) is 0 Å². The second-order valence-electron chi connectivity index (χ2n) is 3.45. The van der Waals surface area contributed by atoms with Gasteiger partial charge in [0.2, 0.25) is 0 Å². The molecule has 1 N–H and O–H groups in total. The lowest BCUT2D eigenvalue weighted by Gasteiger charge is -2.05. The van der Waals surface area contributed by atoms with Crippen LogP contribution in [0, 0.1) is 12.7 Å². The summed E-state index contributed by atoms with van der Waals surface area (Å²) in [7, 11) is 0. The van der Waals surface area contributed by atoms with Gasteiger partial charge in [0.1, 0.15) is 12.4 Å². The molecule has 0 aliphatic heterocycles. The minimum absolute atomic E-state index is 0.178. The largest absolute Gasteiger partial charge is 0.465 e. The van der Waals surface area contributed by atoms with E-state index in [1.54, 1.807) is 13.8 Å². The molecule has 4 nitrogen and oxygen atoms in total. The molecular formula is C12H14FNO3. The lowest BCUT2D eigenvalue weighted by molar-refractivity contribution is -0.141. The lowest BCUT2D eigenvalue weighted by atomic mass is 10.1. The minimum atomic E-state index is -0.520. The Morgan fingerprint density at radius 2 is 2.12 bits per heavy atom. The van der Waals surface area contributed by atoms with E-state index < -0.39 is 17.7 Å². The second kappa shape index (κ2) is 5.98. The first-order valence-corrected chi connectivity index (χ1v) is 5.24. The van der Waals surface area contributed by atoms with Crippen molar-refractivity contribution in [2.24, 2.45) is 0 Å². The molecule has 0 aromatic heterocycles. The fraction of sp³-hybridized carbons (Fsp3) is 0.333. The lowest BCUT2D eigenvalue weighted by Crippen LogP contribution is -2.30. The zero-order valence-corrected chi connectivity index (χ0v) is 9.75. The molecule has 0 heterocycles. The molecule has 0 unspecified atom stereocenters. The summed E-state index contributed by atoms with van der Waals surface area (Å²) in [5.41, 5.74) is 0.643. The van der Waals surface area contributed by atoms with E-state index in [1.165, 1.54) is 12.1 Å². The predicted molar refractivity (Wildman–Crippen MR) is 60.1 cm³/mol. The van der Waals surface area contributed by atoms with E-state index in [2.05, 4.69) is 10.1 Å². The Hall–Kier alpha value is -1.91. The molecule has 17 heavy (non-hydrogen) atoms. The number of benzene rings is 1. The van der Waals surface area contributed by atoms with Gasteiger partial charge in [-0.3, -0.25) is 9.59 Å². The number of esters is 1. The minimum Gasteiger partial charge on any atom is -0.465 e. The summed E-state index contributed by atoms with van der Waals surface area (Å²) >= 11 is 0. The summed E-state index contributed by atoms with van der Waals surface area (Å²) in [5.74, 6) is -1.47. The zero-order valence-electron chi connectivity index (χ0n) is 9.75. The molecule has 1 aromatic carbocycles. The quantitative estimate of drug-likeness (QED) is 0.808. The van der Waals surface area contributed by atoms with Crippen LogP contribution in [-0.4, -0.2) is 25.0 Å². The van der Waals surface area contributed by atoms with Crippen molar-refractivity contribution in [3.05, 3.63) is 35.1 Å². The summed E-state index contributed by atoms with van der Waals surface area (Å²) in [6.07, 6.45) is 0. The fourth-order valence-electron chi connectivity index (χ4n) is 1.20. The van der Waals surface area contributed by atoms with E-state index in [0.717, 1.165) is 6.07 Å². The molecule has 5 heteroatoms. The highest BCUT2D eigenvalue weighted by Gasteiger charge is 2.09. The second-order valence-corrected chi connectivity index (χ2v) is 3.45. The summed E-state index contributed by atoms with van der Waals surface area (Å²) in [6.45, 7) is 3.32. The van der Waals surface area contributed by atoms with Gasteiger partial charge in [0.05, 0.1) is 6.61 Å². The van der Waals surface area contributed by atoms with Crippen LogP contribution in [0.5, 0.6) is 0 Å². The molecule has 1 aromatic rings. The third-order valence-electron chi connectivity index (χ3n) is 2.13. The predicted octanol–water partition coefficient (Wildman–Crippen LogP) is 1.43. The summed E-state index contributed by atoms with van der Waals surface area (Å²) in [5, 5.41) is 2.35. The normalized spacial score (nSPS) is 9.82. The van der Waals surface area contributed by atoms with Crippen LogP contribution in [0.2, 0.25) is 0 Å². The summed E-state index contributed by atoms with van der Waals surface area (Å²) in [4.78, 5) is 22.5. The van der Waals surface area contributed by atoms with Gasteiger partial charge >= 0.3 is 5.97 Å². The third kappa shape index (κ3) is 3.86. The number of halogens is 1. The van der Waals surface area contributed by atoms with E-state index in [9.17, 15) is 14.0 Å². The maximum absolute atomic E-state index is 13.2. The molecule has 92 valence electrons. The molecule has 1 amide bonds. The van der Waals surface area contributed by atoms with Gasteiger partial charge in [0, 0.05) is 5.56 Å². The van der Waals surface area contributed by atoms with Crippen LogP contribution in [0.4, 0.5) is 4.39 Å². The number of carbonyl (C=O) groups is 2. The third-order valence-corrected chi connectivity index (χ3v) is 2.13. The molecule has 0 saturated heterocycles. The van der Waals surface area contributed by atoms with Crippen LogP contribution in [0.1, 0.15) is 22.8 Å². The van der Waals surface area contributed by atoms with Crippen molar-refractivity contribution >= 4 is 11.9 Å².